The van der Waals surface area contributed by atoms with E-state index in [0.717, 1.165) is 56.5 Å². The Bertz CT molecular complexity index is 456. The minimum Gasteiger partial charge on any atom is -0.385 e. The van der Waals surface area contributed by atoms with E-state index in [1.165, 1.54) is 12.8 Å². The van der Waals surface area contributed by atoms with Crippen molar-refractivity contribution in [1.29, 1.82) is 0 Å². The van der Waals surface area contributed by atoms with E-state index < -0.39 is 0 Å². The molecule has 24 heavy (non-hydrogen) atoms. The van der Waals surface area contributed by atoms with Gasteiger partial charge in [0.25, 0.3) is 0 Å². The van der Waals surface area contributed by atoms with Crippen LogP contribution in [0.4, 0.5) is 0 Å². The third kappa shape index (κ3) is 5.15. The zero-order valence-electron chi connectivity index (χ0n) is 15.2. The van der Waals surface area contributed by atoms with Crippen LogP contribution in [-0.4, -0.2) is 43.8 Å². The van der Waals surface area contributed by atoms with Crippen LogP contribution in [0.5, 0.6) is 0 Å². The number of hydrogen-bond donors (Lipinski definition) is 3. The molecule has 0 saturated carbocycles. The number of Topliss-reactive ketones (excluding diaryl/α,β-unsaturated/α-hetero) is 1. The number of ketones is 1. The molecule has 0 amide bonds. The van der Waals surface area contributed by atoms with Crippen LogP contribution in [0.25, 0.3) is 0 Å². The summed E-state index contributed by atoms with van der Waals surface area (Å²) in [5.41, 5.74) is 1.84. The highest BCUT2D eigenvalue weighted by Gasteiger charge is 2.32. The first-order valence-electron chi connectivity index (χ1n) is 9.60. The van der Waals surface area contributed by atoms with Gasteiger partial charge < -0.3 is 16.0 Å². The predicted octanol–water partition coefficient (Wildman–Crippen LogP) is 1.93. The van der Waals surface area contributed by atoms with Crippen LogP contribution in [0.15, 0.2) is 11.3 Å². The van der Waals surface area contributed by atoms with Gasteiger partial charge in [-0.05, 0) is 38.8 Å². The first kappa shape index (κ1) is 19.1. The molecule has 2 aliphatic rings. The lowest BCUT2D eigenvalue weighted by Crippen LogP contribution is -2.45. The van der Waals surface area contributed by atoms with Gasteiger partial charge in [0.2, 0.25) is 0 Å². The van der Waals surface area contributed by atoms with Crippen molar-refractivity contribution in [2.24, 2.45) is 5.92 Å². The number of nitrogens with one attached hydrogen (secondary N) is 3. The van der Waals surface area contributed by atoms with E-state index in [4.69, 9.17) is 0 Å². The Kier molecular flexibility index (Phi) is 7.92. The van der Waals surface area contributed by atoms with Crippen molar-refractivity contribution in [1.82, 2.24) is 16.0 Å². The lowest BCUT2D eigenvalue weighted by Gasteiger charge is -2.35. The molecule has 0 bridgehead atoms. The van der Waals surface area contributed by atoms with Crippen molar-refractivity contribution in [2.75, 3.05) is 19.6 Å². The van der Waals surface area contributed by atoms with Crippen molar-refractivity contribution in [3.05, 3.63) is 11.3 Å². The minimum absolute atomic E-state index is 0.0451. The van der Waals surface area contributed by atoms with Crippen molar-refractivity contribution in [3.8, 4) is 0 Å². The van der Waals surface area contributed by atoms with Crippen molar-refractivity contribution >= 4 is 12.1 Å². The molecular formula is C19H33N3O2. The molecule has 3 N–H and O–H groups in total. The zero-order valence-corrected chi connectivity index (χ0v) is 15.2. The number of allylic oxidation sites excluding steroid dienone is 1. The van der Waals surface area contributed by atoms with Gasteiger partial charge in [-0.1, -0.05) is 20.3 Å². The first-order valence-corrected chi connectivity index (χ1v) is 9.60. The SMILES string of the molecule is CCC[C@@H]1NC(CCNC2CCNCC2)=C(C=O)C[C@@H]1C(=O)CC. The third-order valence-electron chi connectivity index (χ3n) is 5.32. The third-order valence-corrected chi connectivity index (χ3v) is 5.32. The van der Waals surface area contributed by atoms with Crippen LogP contribution in [-0.2, 0) is 9.59 Å². The maximum atomic E-state index is 12.2. The smallest absolute Gasteiger partial charge is 0.147 e. The van der Waals surface area contributed by atoms with Crippen LogP contribution in [0, 0.1) is 5.92 Å². The minimum atomic E-state index is -0.0451. The average molecular weight is 335 g/mol. The Balaban J connectivity index is 1.96. The van der Waals surface area contributed by atoms with E-state index >= 15 is 0 Å². The number of rotatable bonds is 9. The molecule has 2 heterocycles. The molecule has 0 aromatic carbocycles. The van der Waals surface area contributed by atoms with Crippen molar-refractivity contribution in [2.45, 2.75) is 70.9 Å². The molecule has 2 rings (SSSR count). The Morgan fingerprint density at radius 3 is 2.67 bits per heavy atom. The maximum Gasteiger partial charge on any atom is 0.147 e. The zero-order chi connectivity index (χ0) is 17.4. The summed E-state index contributed by atoms with van der Waals surface area (Å²) in [6, 6.07) is 0.760. The van der Waals surface area contributed by atoms with E-state index in [1.807, 2.05) is 6.92 Å². The molecule has 1 fully saturated rings. The summed E-state index contributed by atoms with van der Waals surface area (Å²) in [6.45, 7) is 7.10. The van der Waals surface area contributed by atoms with Gasteiger partial charge in [-0.2, -0.15) is 0 Å². The van der Waals surface area contributed by atoms with Crippen LogP contribution in [0.1, 0.15) is 58.8 Å². The average Bonchev–Trinajstić information content (AvgIpc) is 2.62. The summed E-state index contributed by atoms with van der Waals surface area (Å²) in [4.78, 5) is 23.8. The molecule has 136 valence electrons. The van der Waals surface area contributed by atoms with Crippen LogP contribution >= 0.6 is 0 Å². The van der Waals surface area contributed by atoms with Gasteiger partial charge in [0, 0.05) is 48.7 Å². The number of hydrogen-bond acceptors (Lipinski definition) is 5. The molecule has 0 spiro atoms. The molecular weight excluding hydrogens is 302 g/mol. The van der Waals surface area contributed by atoms with Gasteiger partial charge in [0.05, 0.1) is 0 Å². The van der Waals surface area contributed by atoms with Crippen LogP contribution in [0.2, 0.25) is 0 Å². The summed E-state index contributed by atoms with van der Waals surface area (Å²) in [7, 11) is 0. The normalized spacial score (nSPS) is 25.4. The van der Waals surface area contributed by atoms with Crippen LogP contribution < -0.4 is 16.0 Å². The van der Waals surface area contributed by atoms with E-state index in [-0.39, 0.29) is 17.7 Å². The van der Waals surface area contributed by atoms with Gasteiger partial charge in [-0.15, -0.1) is 0 Å². The summed E-state index contributed by atoms with van der Waals surface area (Å²) in [6.07, 6.45) is 7.30. The lowest BCUT2D eigenvalue weighted by atomic mass is 9.81. The Hall–Kier alpha value is -1.20. The van der Waals surface area contributed by atoms with E-state index in [2.05, 4.69) is 22.9 Å². The lowest BCUT2D eigenvalue weighted by molar-refractivity contribution is -0.123. The molecule has 0 unspecified atom stereocenters. The quantitative estimate of drug-likeness (QED) is 0.562. The monoisotopic (exact) mass is 335 g/mol. The highest BCUT2D eigenvalue weighted by molar-refractivity contribution is 5.84. The summed E-state index contributed by atoms with van der Waals surface area (Å²) >= 11 is 0. The first-order chi connectivity index (χ1) is 11.7. The molecule has 2 aliphatic heterocycles. The molecule has 1 saturated heterocycles. The van der Waals surface area contributed by atoms with E-state index in [1.54, 1.807) is 0 Å². The summed E-state index contributed by atoms with van der Waals surface area (Å²) in [5, 5.41) is 10.5. The van der Waals surface area contributed by atoms with Gasteiger partial charge in [-0.25, -0.2) is 0 Å². The molecule has 5 nitrogen and oxygen atoms in total. The molecule has 0 aliphatic carbocycles. The van der Waals surface area contributed by atoms with Crippen molar-refractivity contribution < 1.29 is 9.59 Å². The Morgan fingerprint density at radius 2 is 2.04 bits per heavy atom. The topological polar surface area (TPSA) is 70.2 Å². The second kappa shape index (κ2) is 9.94. The summed E-state index contributed by atoms with van der Waals surface area (Å²) in [5.74, 6) is 0.225. The second-order valence-corrected chi connectivity index (χ2v) is 7.02. The maximum absolute atomic E-state index is 12.2. The largest absolute Gasteiger partial charge is 0.385 e. The molecule has 0 aromatic heterocycles. The highest BCUT2D eigenvalue weighted by atomic mass is 16.1. The van der Waals surface area contributed by atoms with Gasteiger partial charge in [-0.3, -0.25) is 9.59 Å². The fraction of sp³-hybridized carbons (Fsp3) is 0.789. The number of aldehydes is 1. The molecule has 0 radical (unpaired) electrons. The Labute approximate surface area is 146 Å². The van der Waals surface area contributed by atoms with Gasteiger partial charge in [0.1, 0.15) is 12.1 Å². The molecule has 0 aromatic rings. The Morgan fingerprint density at radius 1 is 1.29 bits per heavy atom. The summed E-state index contributed by atoms with van der Waals surface area (Å²) < 4.78 is 0. The van der Waals surface area contributed by atoms with Crippen molar-refractivity contribution in [3.63, 3.8) is 0 Å². The number of carbonyl (C=O) groups is 2. The standard InChI is InChI=1S/C19H33N3O2/c1-3-5-18-16(19(24)4-2)12-14(13-23)17(22-18)8-11-21-15-6-9-20-10-7-15/h13,15-16,18,20-22H,3-12H2,1-2H3/t16-,18-/m0/s1. The van der Waals surface area contributed by atoms with Gasteiger partial charge >= 0.3 is 0 Å². The molecule has 2 atom stereocenters. The number of piperidine rings is 1. The predicted molar refractivity (Wildman–Crippen MR) is 96.8 cm³/mol. The van der Waals surface area contributed by atoms with E-state index in [9.17, 15) is 9.59 Å². The van der Waals surface area contributed by atoms with Crippen LogP contribution in [0.3, 0.4) is 0 Å². The van der Waals surface area contributed by atoms with Gasteiger partial charge in [0.15, 0.2) is 0 Å². The fourth-order valence-electron chi connectivity index (χ4n) is 3.88. The second-order valence-electron chi connectivity index (χ2n) is 7.02. The highest BCUT2D eigenvalue weighted by Crippen LogP contribution is 2.28. The fourth-order valence-corrected chi connectivity index (χ4v) is 3.88. The number of carbonyl (C=O) groups excluding carboxylic acids is 2. The van der Waals surface area contributed by atoms with E-state index in [0.29, 0.717) is 18.9 Å². The molecule has 5 heteroatoms.